The number of carbonyl (C=O) groups is 1. The van der Waals surface area contributed by atoms with E-state index in [9.17, 15) is 4.79 Å². The highest BCUT2D eigenvalue weighted by atomic mass is 16.5. The van der Waals surface area contributed by atoms with E-state index in [1.165, 1.54) is 32.1 Å². The third kappa shape index (κ3) is 2.58. The van der Waals surface area contributed by atoms with Crippen molar-refractivity contribution >= 4 is 5.97 Å². The van der Waals surface area contributed by atoms with Crippen molar-refractivity contribution in [3.8, 4) is 0 Å². The number of hydrogen-bond donors (Lipinski definition) is 0. The maximum absolute atomic E-state index is 11.1. The molecule has 0 radical (unpaired) electrons. The second-order valence-corrected chi connectivity index (χ2v) is 5.66. The van der Waals surface area contributed by atoms with Gasteiger partial charge in [-0.2, -0.15) is 0 Å². The summed E-state index contributed by atoms with van der Waals surface area (Å²) in [5.41, 5.74) is 0. The molecule has 92 valence electrons. The summed E-state index contributed by atoms with van der Waals surface area (Å²) in [7, 11) is 0. The van der Waals surface area contributed by atoms with Crippen LogP contribution in [0.4, 0.5) is 0 Å². The van der Waals surface area contributed by atoms with Crippen LogP contribution in [0.25, 0.3) is 0 Å². The van der Waals surface area contributed by atoms with E-state index in [1.807, 2.05) is 0 Å². The lowest BCUT2D eigenvalue weighted by atomic mass is 9.85. The molecule has 0 aromatic heterocycles. The van der Waals surface area contributed by atoms with Crippen molar-refractivity contribution in [3.63, 3.8) is 0 Å². The fourth-order valence-corrected chi connectivity index (χ4v) is 3.60. The SMILES string of the molecule is CCC1CC(CC)C(CC2COC(=O)C2)C1. The van der Waals surface area contributed by atoms with Crippen molar-refractivity contribution in [1.29, 1.82) is 0 Å². The predicted molar refractivity (Wildman–Crippen MR) is 64.0 cm³/mol. The van der Waals surface area contributed by atoms with Gasteiger partial charge >= 0.3 is 5.97 Å². The molecule has 1 saturated carbocycles. The minimum atomic E-state index is 0.0167. The van der Waals surface area contributed by atoms with E-state index < -0.39 is 0 Å². The average Bonchev–Trinajstić information content (AvgIpc) is 2.85. The number of esters is 1. The average molecular weight is 224 g/mol. The van der Waals surface area contributed by atoms with Crippen LogP contribution in [0.15, 0.2) is 0 Å². The molecule has 0 aromatic carbocycles. The summed E-state index contributed by atoms with van der Waals surface area (Å²) in [6.07, 6.45) is 7.33. The minimum Gasteiger partial charge on any atom is -0.465 e. The monoisotopic (exact) mass is 224 g/mol. The molecule has 0 amide bonds. The van der Waals surface area contributed by atoms with Gasteiger partial charge in [-0.15, -0.1) is 0 Å². The molecule has 2 heteroatoms. The van der Waals surface area contributed by atoms with Crippen molar-refractivity contribution in [3.05, 3.63) is 0 Å². The van der Waals surface area contributed by atoms with E-state index in [2.05, 4.69) is 13.8 Å². The Labute approximate surface area is 98.7 Å². The zero-order valence-corrected chi connectivity index (χ0v) is 10.6. The van der Waals surface area contributed by atoms with Gasteiger partial charge in [0.2, 0.25) is 0 Å². The van der Waals surface area contributed by atoms with E-state index in [-0.39, 0.29) is 5.97 Å². The lowest BCUT2D eigenvalue weighted by molar-refractivity contribution is -0.137. The van der Waals surface area contributed by atoms with E-state index in [0.29, 0.717) is 18.9 Å². The van der Waals surface area contributed by atoms with Crippen LogP contribution < -0.4 is 0 Å². The summed E-state index contributed by atoms with van der Waals surface area (Å²) in [5.74, 6) is 3.23. The van der Waals surface area contributed by atoms with Crippen LogP contribution >= 0.6 is 0 Å². The fourth-order valence-electron chi connectivity index (χ4n) is 3.60. The maximum atomic E-state index is 11.1. The Balaban J connectivity index is 1.86. The summed E-state index contributed by atoms with van der Waals surface area (Å²) >= 11 is 0. The quantitative estimate of drug-likeness (QED) is 0.684. The highest BCUT2D eigenvalue weighted by Crippen LogP contribution is 2.43. The first-order valence-corrected chi connectivity index (χ1v) is 6.88. The third-order valence-electron chi connectivity index (χ3n) is 4.61. The molecule has 0 bridgehead atoms. The van der Waals surface area contributed by atoms with E-state index >= 15 is 0 Å². The van der Waals surface area contributed by atoms with E-state index in [0.717, 1.165) is 17.8 Å². The van der Waals surface area contributed by atoms with Gasteiger partial charge in [0.05, 0.1) is 13.0 Å². The summed E-state index contributed by atoms with van der Waals surface area (Å²) in [4.78, 5) is 11.1. The molecule has 2 aliphatic rings. The van der Waals surface area contributed by atoms with Crippen molar-refractivity contribution < 1.29 is 9.53 Å². The van der Waals surface area contributed by atoms with Gasteiger partial charge in [-0.25, -0.2) is 0 Å². The van der Waals surface area contributed by atoms with Crippen LogP contribution in [0.3, 0.4) is 0 Å². The largest absolute Gasteiger partial charge is 0.465 e. The Morgan fingerprint density at radius 2 is 1.88 bits per heavy atom. The lowest BCUT2D eigenvalue weighted by Crippen LogP contribution is -2.13. The molecule has 0 aromatic rings. The van der Waals surface area contributed by atoms with Crippen LogP contribution in [0.5, 0.6) is 0 Å². The molecule has 1 saturated heterocycles. The van der Waals surface area contributed by atoms with E-state index in [4.69, 9.17) is 4.74 Å². The van der Waals surface area contributed by atoms with Gasteiger partial charge in [-0.3, -0.25) is 4.79 Å². The number of cyclic esters (lactones) is 1. The van der Waals surface area contributed by atoms with Crippen molar-refractivity contribution in [2.45, 2.75) is 52.4 Å². The van der Waals surface area contributed by atoms with Gasteiger partial charge in [0.25, 0.3) is 0 Å². The number of carbonyl (C=O) groups excluding carboxylic acids is 1. The third-order valence-corrected chi connectivity index (χ3v) is 4.61. The zero-order chi connectivity index (χ0) is 11.5. The summed E-state index contributed by atoms with van der Waals surface area (Å²) in [6, 6.07) is 0. The Morgan fingerprint density at radius 3 is 2.44 bits per heavy atom. The summed E-state index contributed by atoms with van der Waals surface area (Å²) in [6.45, 7) is 5.30. The molecular weight excluding hydrogens is 200 g/mol. The highest BCUT2D eigenvalue weighted by Gasteiger charge is 2.35. The van der Waals surface area contributed by atoms with Crippen LogP contribution in [0, 0.1) is 23.7 Å². The Bertz CT molecular complexity index is 249. The molecule has 1 aliphatic carbocycles. The number of ether oxygens (including phenoxy) is 1. The van der Waals surface area contributed by atoms with E-state index in [1.54, 1.807) is 0 Å². The molecule has 16 heavy (non-hydrogen) atoms. The lowest BCUT2D eigenvalue weighted by Gasteiger charge is -2.19. The second kappa shape index (κ2) is 5.20. The summed E-state index contributed by atoms with van der Waals surface area (Å²) < 4.78 is 5.06. The van der Waals surface area contributed by atoms with Crippen LogP contribution in [0.2, 0.25) is 0 Å². The molecule has 2 rings (SSSR count). The maximum Gasteiger partial charge on any atom is 0.306 e. The minimum absolute atomic E-state index is 0.0167. The van der Waals surface area contributed by atoms with Gasteiger partial charge in [-0.1, -0.05) is 26.7 Å². The van der Waals surface area contributed by atoms with Gasteiger partial charge in [0.15, 0.2) is 0 Å². The van der Waals surface area contributed by atoms with Gasteiger partial charge in [0, 0.05) is 5.92 Å². The fraction of sp³-hybridized carbons (Fsp3) is 0.929. The normalized spacial score (nSPS) is 39.0. The van der Waals surface area contributed by atoms with Crippen molar-refractivity contribution in [2.75, 3.05) is 6.61 Å². The Kier molecular flexibility index (Phi) is 3.88. The first kappa shape index (κ1) is 11.9. The standard InChI is InChI=1S/C14H24O2/c1-3-10-5-12(4-2)13(6-10)7-11-8-14(15)16-9-11/h10-13H,3-9H2,1-2H3. The Hall–Kier alpha value is -0.530. The first-order valence-electron chi connectivity index (χ1n) is 6.88. The second-order valence-electron chi connectivity index (χ2n) is 5.66. The molecule has 2 nitrogen and oxygen atoms in total. The van der Waals surface area contributed by atoms with Crippen LogP contribution in [-0.4, -0.2) is 12.6 Å². The molecule has 1 aliphatic heterocycles. The van der Waals surface area contributed by atoms with Crippen LogP contribution in [-0.2, 0) is 9.53 Å². The Morgan fingerprint density at radius 1 is 1.12 bits per heavy atom. The molecular formula is C14H24O2. The van der Waals surface area contributed by atoms with Gasteiger partial charge in [0.1, 0.15) is 0 Å². The highest BCUT2D eigenvalue weighted by molar-refractivity contribution is 5.71. The molecule has 4 unspecified atom stereocenters. The van der Waals surface area contributed by atoms with Crippen LogP contribution in [0.1, 0.15) is 52.4 Å². The summed E-state index contributed by atoms with van der Waals surface area (Å²) in [5, 5.41) is 0. The molecule has 4 atom stereocenters. The number of rotatable bonds is 4. The molecule has 1 heterocycles. The first-order chi connectivity index (χ1) is 7.72. The molecule has 0 spiro atoms. The number of hydrogen-bond acceptors (Lipinski definition) is 2. The van der Waals surface area contributed by atoms with Gasteiger partial charge < -0.3 is 4.74 Å². The van der Waals surface area contributed by atoms with Crippen molar-refractivity contribution in [2.24, 2.45) is 23.7 Å². The smallest absolute Gasteiger partial charge is 0.306 e. The zero-order valence-electron chi connectivity index (χ0n) is 10.6. The topological polar surface area (TPSA) is 26.3 Å². The van der Waals surface area contributed by atoms with Gasteiger partial charge in [-0.05, 0) is 37.0 Å². The molecule has 0 N–H and O–H groups in total. The molecule has 2 fully saturated rings. The van der Waals surface area contributed by atoms with Crippen molar-refractivity contribution in [1.82, 2.24) is 0 Å². The predicted octanol–water partition coefficient (Wildman–Crippen LogP) is 3.40.